The smallest absolute Gasteiger partial charge is 0.00199 e. The third kappa shape index (κ3) is 4.64. The summed E-state index contributed by atoms with van der Waals surface area (Å²) in [6.07, 6.45) is 0. The molecule has 0 bridgehead atoms. The van der Waals surface area contributed by atoms with Crippen LogP contribution in [0.5, 0.6) is 0 Å². The van der Waals surface area contributed by atoms with Crippen molar-refractivity contribution in [1.29, 1.82) is 0 Å². The van der Waals surface area contributed by atoms with Crippen LogP contribution in [0.2, 0.25) is 0 Å². The first-order chi connectivity index (χ1) is 26.8. The molecule has 0 nitrogen and oxygen atoms in total. The fraction of sp³-hybridized carbons (Fsp3) is 0. The van der Waals surface area contributed by atoms with Crippen molar-refractivity contribution in [2.24, 2.45) is 0 Å². The third-order valence-corrected chi connectivity index (χ3v) is 11.4. The van der Waals surface area contributed by atoms with Gasteiger partial charge in [0.05, 0.1) is 0 Å². The number of hydrogen-bond acceptors (Lipinski definition) is 0. The van der Waals surface area contributed by atoms with Crippen LogP contribution in [0.1, 0.15) is 0 Å². The highest BCUT2D eigenvalue weighted by atomic mass is 14.2. The van der Waals surface area contributed by atoms with E-state index in [9.17, 15) is 0 Å². The monoisotopic (exact) mass is 682 g/mol. The van der Waals surface area contributed by atoms with Gasteiger partial charge in [-0.2, -0.15) is 0 Å². The molecule has 0 heterocycles. The minimum atomic E-state index is 1.22. The topological polar surface area (TPSA) is 0 Å². The lowest BCUT2D eigenvalue weighted by molar-refractivity contribution is 1.61. The first kappa shape index (κ1) is 30.6. The lowest BCUT2D eigenvalue weighted by atomic mass is 9.82. The van der Waals surface area contributed by atoms with Gasteiger partial charge in [-0.1, -0.05) is 194 Å². The minimum absolute atomic E-state index is 1.22. The van der Waals surface area contributed by atoms with E-state index in [0.29, 0.717) is 0 Å². The summed E-state index contributed by atoms with van der Waals surface area (Å²) in [5.74, 6) is 0. The highest BCUT2D eigenvalue weighted by Gasteiger charge is 2.21. The molecule has 0 spiro atoms. The van der Waals surface area contributed by atoms with E-state index in [-0.39, 0.29) is 0 Å². The molecule has 0 radical (unpaired) electrons. The van der Waals surface area contributed by atoms with Crippen LogP contribution in [0.3, 0.4) is 0 Å². The summed E-state index contributed by atoms with van der Waals surface area (Å²) >= 11 is 0. The van der Waals surface area contributed by atoms with Crippen molar-refractivity contribution >= 4 is 64.6 Å². The van der Waals surface area contributed by atoms with Crippen LogP contribution in [0.15, 0.2) is 206 Å². The summed E-state index contributed by atoms with van der Waals surface area (Å²) in [5, 5.41) is 15.3. The Morgan fingerprint density at radius 1 is 0.185 bits per heavy atom. The molecule has 0 atom stereocenters. The van der Waals surface area contributed by atoms with Gasteiger partial charge in [0.1, 0.15) is 0 Å². The molecular formula is C54H34. The molecule has 11 rings (SSSR count). The van der Waals surface area contributed by atoms with E-state index < -0.39 is 0 Å². The van der Waals surface area contributed by atoms with E-state index in [1.165, 1.54) is 109 Å². The molecule has 250 valence electrons. The average Bonchev–Trinajstić information content (AvgIpc) is 3.25. The standard InChI is InChI=1S/C54H34/c1-5-17-35(18-6-1)39-29-30-46-45(51(39)36-19-7-2-8-20-36)32-31-44-40-25-13-14-26-41(40)47-33-49-50(34-48(47)54(44)46)53(38-23-11-4-12-24-38)43-28-16-15-27-42(43)52(49)37-21-9-3-10-22-37/h1-34H. The lowest BCUT2D eigenvalue weighted by Crippen LogP contribution is -1.93. The number of hydrogen-bond donors (Lipinski definition) is 0. The Labute approximate surface area is 314 Å². The summed E-state index contributed by atoms with van der Waals surface area (Å²) in [6, 6.07) is 76.1. The van der Waals surface area contributed by atoms with Crippen LogP contribution in [0.4, 0.5) is 0 Å². The largest absolute Gasteiger partial charge is 0.0622 e. The van der Waals surface area contributed by atoms with E-state index in [1.807, 2.05) is 0 Å². The van der Waals surface area contributed by atoms with Gasteiger partial charge in [0.15, 0.2) is 0 Å². The average molecular weight is 683 g/mol. The van der Waals surface area contributed by atoms with Gasteiger partial charge in [-0.3, -0.25) is 0 Å². The highest BCUT2D eigenvalue weighted by Crippen LogP contribution is 2.49. The van der Waals surface area contributed by atoms with Gasteiger partial charge < -0.3 is 0 Å². The van der Waals surface area contributed by atoms with Gasteiger partial charge >= 0.3 is 0 Å². The maximum atomic E-state index is 2.52. The normalized spacial score (nSPS) is 11.7. The molecule has 0 heteroatoms. The van der Waals surface area contributed by atoms with E-state index >= 15 is 0 Å². The van der Waals surface area contributed by atoms with Gasteiger partial charge in [-0.05, 0) is 121 Å². The summed E-state index contributed by atoms with van der Waals surface area (Å²) in [6.45, 7) is 0. The second kappa shape index (κ2) is 12.3. The molecule has 11 aromatic rings. The predicted octanol–water partition coefficient (Wildman–Crippen LogP) is 15.3. The maximum Gasteiger partial charge on any atom is -0.00199 e. The highest BCUT2D eigenvalue weighted by molar-refractivity contribution is 6.35. The molecule has 0 N–H and O–H groups in total. The first-order valence-corrected chi connectivity index (χ1v) is 18.8. The summed E-state index contributed by atoms with van der Waals surface area (Å²) in [7, 11) is 0. The predicted molar refractivity (Wildman–Crippen MR) is 233 cm³/mol. The maximum absolute atomic E-state index is 2.52. The number of fused-ring (bicyclic) bond motifs is 10. The Morgan fingerprint density at radius 3 is 1.07 bits per heavy atom. The van der Waals surface area contributed by atoms with Gasteiger partial charge in [0, 0.05) is 0 Å². The minimum Gasteiger partial charge on any atom is -0.0622 e. The molecule has 0 saturated heterocycles. The zero-order valence-electron chi connectivity index (χ0n) is 29.6. The molecule has 0 aliphatic rings. The fourth-order valence-electron chi connectivity index (χ4n) is 9.13. The molecule has 0 amide bonds. The first-order valence-electron chi connectivity index (χ1n) is 18.8. The van der Waals surface area contributed by atoms with E-state index in [0.717, 1.165) is 0 Å². The number of benzene rings is 11. The summed E-state index contributed by atoms with van der Waals surface area (Å²) in [4.78, 5) is 0. The van der Waals surface area contributed by atoms with Crippen LogP contribution in [0, 0.1) is 0 Å². The molecule has 54 heavy (non-hydrogen) atoms. The van der Waals surface area contributed by atoms with Gasteiger partial charge in [0.2, 0.25) is 0 Å². The molecular weight excluding hydrogens is 649 g/mol. The van der Waals surface area contributed by atoms with Crippen molar-refractivity contribution in [1.82, 2.24) is 0 Å². The van der Waals surface area contributed by atoms with E-state index in [2.05, 4.69) is 206 Å². The molecule has 11 aromatic carbocycles. The van der Waals surface area contributed by atoms with Gasteiger partial charge in [0.25, 0.3) is 0 Å². The zero-order valence-corrected chi connectivity index (χ0v) is 29.6. The fourth-order valence-corrected chi connectivity index (χ4v) is 9.13. The Morgan fingerprint density at radius 2 is 0.537 bits per heavy atom. The van der Waals surface area contributed by atoms with E-state index in [1.54, 1.807) is 0 Å². The molecule has 0 aliphatic carbocycles. The Kier molecular flexibility index (Phi) is 6.97. The molecule has 0 unspecified atom stereocenters. The van der Waals surface area contributed by atoms with Crippen LogP contribution >= 0.6 is 0 Å². The summed E-state index contributed by atoms with van der Waals surface area (Å²) < 4.78 is 0. The third-order valence-electron chi connectivity index (χ3n) is 11.4. The second-order valence-corrected chi connectivity index (χ2v) is 14.3. The van der Waals surface area contributed by atoms with Crippen molar-refractivity contribution in [2.45, 2.75) is 0 Å². The van der Waals surface area contributed by atoms with Crippen molar-refractivity contribution in [2.75, 3.05) is 0 Å². The van der Waals surface area contributed by atoms with Crippen LogP contribution in [0.25, 0.3) is 109 Å². The van der Waals surface area contributed by atoms with Crippen LogP contribution in [-0.2, 0) is 0 Å². The molecule has 0 fully saturated rings. The van der Waals surface area contributed by atoms with Crippen molar-refractivity contribution in [3.05, 3.63) is 206 Å². The van der Waals surface area contributed by atoms with E-state index in [4.69, 9.17) is 0 Å². The number of rotatable bonds is 4. The van der Waals surface area contributed by atoms with Crippen LogP contribution in [-0.4, -0.2) is 0 Å². The second-order valence-electron chi connectivity index (χ2n) is 14.3. The van der Waals surface area contributed by atoms with Crippen molar-refractivity contribution in [3.63, 3.8) is 0 Å². The summed E-state index contributed by atoms with van der Waals surface area (Å²) in [5.41, 5.74) is 9.98. The Hall–Kier alpha value is -7.02. The van der Waals surface area contributed by atoms with Gasteiger partial charge in [-0.25, -0.2) is 0 Å². The van der Waals surface area contributed by atoms with Crippen LogP contribution < -0.4 is 0 Å². The Balaban J connectivity index is 1.38. The Bertz CT molecular complexity index is 3220. The molecule has 0 aliphatic heterocycles. The van der Waals surface area contributed by atoms with Gasteiger partial charge in [-0.15, -0.1) is 0 Å². The zero-order chi connectivity index (χ0) is 35.6. The lowest BCUT2D eigenvalue weighted by Gasteiger charge is -2.21. The molecule has 0 saturated carbocycles. The van der Waals surface area contributed by atoms with Crippen molar-refractivity contribution in [3.8, 4) is 44.5 Å². The molecule has 0 aromatic heterocycles. The SMILES string of the molecule is c1ccc(-c2ccc3c(ccc4c5ccccc5c5cc6c(-c7ccccc7)c7ccccc7c(-c7ccccc7)c6cc5c34)c2-c2ccccc2)cc1. The van der Waals surface area contributed by atoms with Crippen molar-refractivity contribution < 1.29 is 0 Å². The quantitative estimate of drug-likeness (QED) is 0.128.